The van der Waals surface area contributed by atoms with Gasteiger partial charge in [-0.3, -0.25) is 0 Å². The second kappa shape index (κ2) is 9.56. The van der Waals surface area contributed by atoms with Gasteiger partial charge in [0.2, 0.25) is 0 Å². The summed E-state index contributed by atoms with van der Waals surface area (Å²) in [6.07, 6.45) is 10.6. The van der Waals surface area contributed by atoms with Gasteiger partial charge in [0.25, 0.3) is 0 Å². The van der Waals surface area contributed by atoms with Gasteiger partial charge >= 0.3 is 0 Å². The lowest BCUT2D eigenvalue weighted by molar-refractivity contribution is -0.0722. The number of aliphatic hydroxyl groups excluding tert-OH is 2. The van der Waals surface area contributed by atoms with Crippen LogP contribution in [-0.4, -0.2) is 37.2 Å². The van der Waals surface area contributed by atoms with E-state index in [1.54, 1.807) is 66.8 Å². The van der Waals surface area contributed by atoms with Crippen molar-refractivity contribution in [2.75, 3.05) is 0 Å². The zero-order chi connectivity index (χ0) is 26.0. The van der Waals surface area contributed by atoms with Crippen LogP contribution in [0.3, 0.4) is 0 Å². The molecule has 0 amide bonds. The molecule has 3 aromatic carbocycles. The lowest BCUT2D eigenvalue weighted by Crippen LogP contribution is -2.55. The van der Waals surface area contributed by atoms with Gasteiger partial charge in [-0.05, 0) is 89.9 Å². The summed E-state index contributed by atoms with van der Waals surface area (Å²) in [5.74, 6) is 0.615. The van der Waals surface area contributed by atoms with Crippen LogP contribution in [0, 0.1) is 0 Å². The lowest BCUT2D eigenvalue weighted by atomic mass is 9.57. The molecule has 2 atom stereocenters. The van der Waals surface area contributed by atoms with Crippen molar-refractivity contribution in [1.29, 1.82) is 0 Å². The molecule has 0 aliphatic heterocycles. The standard InChI is InChI=1S/C31H28O6/c32-24-7-1-21(2-8-24)31(22-3-9-25(33)10-4-22,23-5-11-26(34)12-6-23)30(19-17-28(36)18-20-30)37-29-15-13-27(35)14-16-29/h1-15,17-19,29,32-36H,16,20H2. The summed E-state index contributed by atoms with van der Waals surface area (Å²) < 4.78 is 6.96. The van der Waals surface area contributed by atoms with Gasteiger partial charge in [-0.25, -0.2) is 0 Å². The Hall–Kier alpha value is -4.42. The number of hydrogen-bond acceptors (Lipinski definition) is 6. The number of phenols is 3. The largest absolute Gasteiger partial charge is 0.508 e. The topological polar surface area (TPSA) is 110 Å². The second-order valence-electron chi connectivity index (χ2n) is 9.33. The summed E-state index contributed by atoms with van der Waals surface area (Å²) in [6, 6.07) is 20.6. The molecule has 5 rings (SSSR count). The number of aliphatic hydroxyl groups is 2. The predicted molar refractivity (Wildman–Crippen MR) is 141 cm³/mol. The molecular formula is C31H28O6. The maximum atomic E-state index is 10.3. The van der Waals surface area contributed by atoms with Crippen LogP contribution in [0.4, 0.5) is 0 Å². The van der Waals surface area contributed by atoms with Crippen LogP contribution < -0.4 is 0 Å². The van der Waals surface area contributed by atoms with E-state index in [2.05, 4.69) is 0 Å². The normalized spacial score (nSPS) is 21.4. The van der Waals surface area contributed by atoms with E-state index in [-0.39, 0.29) is 41.3 Å². The Labute approximate surface area is 215 Å². The molecule has 0 bridgehead atoms. The summed E-state index contributed by atoms with van der Waals surface area (Å²) in [4.78, 5) is 0. The van der Waals surface area contributed by atoms with Crippen molar-refractivity contribution >= 4 is 0 Å². The molecule has 3 aromatic rings. The van der Waals surface area contributed by atoms with Crippen LogP contribution in [-0.2, 0) is 10.2 Å². The molecule has 0 aromatic heterocycles. The van der Waals surface area contributed by atoms with Crippen LogP contribution >= 0.6 is 0 Å². The fourth-order valence-electron chi connectivity index (χ4n) is 5.38. The summed E-state index contributed by atoms with van der Waals surface area (Å²) in [6.45, 7) is 0. The van der Waals surface area contributed by atoms with Gasteiger partial charge in [-0.15, -0.1) is 0 Å². The Bertz CT molecular complexity index is 1270. The predicted octanol–water partition coefficient (Wildman–Crippen LogP) is 6.07. The molecule has 0 spiro atoms. The zero-order valence-corrected chi connectivity index (χ0v) is 20.0. The highest BCUT2D eigenvalue weighted by atomic mass is 16.5. The first-order chi connectivity index (χ1) is 17.8. The van der Waals surface area contributed by atoms with E-state index in [1.807, 2.05) is 42.5 Å². The molecule has 188 valence electrons. The van der Waals surface area contributed by atoms with Crippen LogP contribution in [0.2, 0.25) is 0 Å². The summed E-state index contributed by atoms with van der Waals surface area (Å²) in [5, 5.41) is 50.6. The average molecular weight is 497 g/mol. The average Bonchev–Trinajstić information content (AvgIpc) is 2.90. The van der Waals surface area contributed by atoms with Crippen LogP contribution in [0.15, 0.2) is 121 Å². The molecule has 0 heterocycles. The molecule has 0 fully saturated rings. The Kier molecular flexibility index (Phi) is 6.27. The van der Waals surface area contributed by atoms with Gasteiger partial charge in [0.15, 0.2) is 0 Å². The highest BCUT2D eigenvalue weighted by molar-refractivity contribution is 5.59. The smallest absolute Gasteiger partial charge is 0.115 e. The van der Waals surface area contributed by atoms with E-state index in [1.165, 1.54) is 0 Å². The van der Waals surface area contributed by atoms with E-state index >= 15 is 0 Å². The third-order valence-corrected chi connectivity index (χ3v) is 7.08. The lowest BCUT2D eigenvalue weighted by Gasteiger charge is -2.52. The zero-order valence-electron chi connectivity index (χ0n) is 20.0. The van der Waals surface area contributed by atoms with Gasteiger partial charge in [-0.2, -0.15) is 0 Å². The van der Waals surface area contributed by atoms with Gasteiger partial charge in [0.1, 0.15) is 34.4 Å². The third kappa shape index (κ3) is 4.36. The summed E-state index contributed by atoms with van der Waals surface area (Å²) in [7, 11) is 0. The van der Waals surface area contributed by atoms with Crippen molar-refractivity contribution in [2.24, 2.45) is 0 Å². The van der Waals surface area contributed by atoms with Gasteiger partial charge in [0.05, 0.1) is 11.5 Å². The Morgan fingerprint density at radius 1 is 0.622 bits per heavy atom. The van der Waals surface area contributed by atoms with Gasteiger partial charge in [0, 0.05) is 6.42 Å². The Balaban J connectivity index is 1.84. The molecule has 2 unspecified atom stereocenters. The summed E-state index contributed by atoms with van der Waals surface area (Å²) >= 11 is 0. The number of hydrogen-bond donors (Lipinski definition) is 5. The molecule has 2 aliphatic carbocycles. The maximum Gasteiger partial charge on any atom is 0.115 e. The van der Waals surface area contributed by atoms with Crippen molar-refractivity contribution in [1.82, 2.24) is 0 Å². The summed E-state index contributed by atoms with van der Waals surface area (Å²) in [5.41, 5.74) is 0.199. The molecule has 0 saturated heterocycles. The number of benzene rings is 3. The van der Waals surface area contributed by atoms with Crippen molar-refractivity contribution < 1.29 is 30.3 Å². The molecule has 6 nitrogen and oxygen atoms in total. The van der Waals surface area contributed by atoms with E-state index in [4.69, 9.17) is 4.74 Å². The second-order valence-corrected chi connectivity index (χ2v) is 9.33. The quantitative estimate of drug-likeness (QED) is 0.265. The van der Waals surface area contributed by atoms with Crippen LogP contribution in [0.1, 0.15) is 29.5 Å². The molecule has 5 N–H and O–H groups in total. The van der Waals surface area contributed by atoms with E-state index in [0.29, 0.717) is 6.42 Å². The first-order valence-electron chi connectivity index (χ1n) is 12.0. The third-order valence-electron chi connectivity index (χ3n) is 7.08. The molecule has 2 aliphatic rings. The van der Waals surface area contributed by atoms with E-state index < -0.39 is 11.0 Å². The SMILES string of the molecule is OC1=CCC(OC2(C(c3ccc(O)cc3)(c3ccc(O)cc3)c3ccc(O)cc3)C=CC(O)=CC2)C=C1. The molecule has 0 radical (unpaired) electrons. The van der Waals surface area contributed by atoms with E-state index in [9.17, 15) is 25.5 Å². The minimum atomic E-state index is -1.11. The van der Waals surface area contributed by atoms with Crippen molar-refractivity contribution in [3.63, 3.8) is 0 Å². The van der Waals surface area contributed by atoms with Crippen LogP contribution in [0.5, 0.6) is 17.2 Å². The first-order valence-corrected chi connectivity index (χ1v) is 12.0. The van der Waals surface area contributed by atoms with E-state index in [0.717, 1.165) is 16.7 Å². The van der Waals surface area contributed by atoms with Crippen molar-refractivity contribution in [3.8, 4) is 17.2 Å². The number of phenolic OH excluding ortho intramolecular Hbond substituents is 3. The maximum absolute atomic E-state index is 10.3. The highest BCUT2D eigenvalue weighted by Gasteiger charge is 2.55. The number of ether oxygens (including phenoxy) is 1. The van der Waals surface area contributed by atoms with Gasteiger partial charge in [-0.1, -0.05) is 42.5 Å². The Morgan fingerprint density at radius 3 is 1.46 bits per heavy atom. The first kappa shape index (κ1) is 24.3. The van der Waals surface area contributed by atoms with Crippen LogP contribution in [0.25, 0.3) is 0 Å². The number of aromatic hydroxyl groups is 3. The van der Waals surface area contributed by atoms with Crippen molar-refractivity contribution in [3.05, 3.63) is 137 Å². The van der Waals surface area contributed by atoms with Crippen molar-refractivity contribution in [2.45, 2.75) is 30.0 Å². The molecular weight excluding hydrogens is 468 g/mol. The fourth-order valence-corrected chi connectivity index (χ4v) is 5.38. The monoisotopic (exact) mass is 496 g/mol. The van der Waals surface area contributed by atoms with Gasteiger partial charge < -0.3 is 30.3 Å². The fraction of sp³-hybridized carbons (Fsp3) is 0.161. The minimum Gasteiger partial charge on any atom is -0.508 e. The molecule has 37 heavy (non-hydrogen) atoms. The minimum absolute atomic E-state index is 0.108. The Morgan fingerprint density at radius 2 is 1.08 bits per heavy atom. The molecule has 6 heteroatoms. The number of allylic oxidation sites excluding steroid dienone is 2. The molecule has 0 saturated carbocycles. The highest BCUT2D eigenvalue weighted by Crippen LogP contribution is 2.54. The number of rotatable bonds is 6.